The summed E-state index contributed by atoms with van der Waals surface area (Å²) in [5.41, 5.74) is 7.18. The van der Waals surface area contributed by atoms with Gasteiger partial charge in [0.05, 0.1) is 16.9 Å². The van der Waals surface area contributed by atoms with Gasteiger partial charge in [-0.1, -0.05) is 65.1 Å². The Labute approximate surface area is 250 Å². The molecule has 1 amide bonds. The summed E-state index contributed by atoms with van der Waals surface area (Å²) in [4.78, 5) is 17.2. The van der Waals surface area contributed by atoms with Crippen molar-refractivity contribution in [1.82, 2.24) is 10.4 Å². The molecular weight excluding hydrogens is 587 g/mol. The quantitative estimate of drug-likeness (QED) is 0.130. The van der Waals surface area contributed by atoms with Gasteiger partial charge in [-0.2, -0.15) is 5.10 Å². The van der Waals surface area contributed by atoms with Crippen LogP contribution in [0.25, 0.3) is 11.3 Å². The van der Waals surface area contributed by atoms with Crippen molar-refractivity contribution in [2.24, 2.45) is 5.10 Å². The highest BCUT2D eigenvalue weighted by Gasteiger charge is 2.09. The lowest BCUT2D eigenvalue weighted by atomic mass is 10.1. The predicted octanol–water partition coefficient (Wildman–Crippen LogP) is 8.86. The molecule has 0 saturated heterocycles. The zero-order chi connectivity index (χ0) is 27.9. The molecule has 6 nitrogen and oxygen atoms in total. The topological polar surface area (TPSA) is 75.6 Å². The van der Waals surface area contributed by atoms with Crippen molar-refractivity contribution >= 4 is 69.1 Å². The number of nitrogens with zero attached hydrogens (tertiary/aromatic N) is 2. The third-order valence-corrected chi connectivity index (χ3v) is 7.39. The molecule has 1 heterocycles. The number of thiazole rings is 1. The second-order valence-corrected chi connectivity index (χ2v) is 10.6. The molecule has 0 radical (unpaired) electrons. The minimum absolute atomic E-state index is 0.297. The molecule has 0 fully saturated rings. The van der Waals surface area contributed by atoms with Crippen molar-refractivity contribution < 1.29 is 9.53 Å². The van der Waals surface area contributed by atoms with Crippen molar-refractivity contribution in [3.63, 3.8) is 0 Å². The molecule has 0 saturated carbocycles. The van der Waals surface area contributed by atoms with E-state index in [2.05, 4.69) is 20.8 Å². The number of hydrogen-bond acceptors (Lipinski definition) is 6. The van der Waals surface area contributed by atoms with Gasteiger partial charge >= 0.3 is 0 Å². The molecule has 10 heteroatoms. The zero-order valence-electron chi connectivity index (χ0n) is 20.8. The number of aromatic nitrogens is 1. The average Bonchev–Trinajstić information content (AvgIpc) is 3.43. The number of hydrogen-bond donors (Lipinski definition) is 2. The van der Waals surface area contributed by atoms with E-state index in [1.807, 2.05) is 66.0 Å². The summed E-state index contributed by atoms with van der Waals surface area (Å²) < 4.78 is 5.79. The van der Waals surface area contributed by atoms with Crippen LogP contribution in [0.4, 0.5) is 10.8 Å². The summed E-state index contributed by atoms with van der Waals surface area (Å²) >= 11 is 20.0. The minimum Gasteiger partial charge on any atom is -0.487 e. The summed E-state index contributed by atoms with van der Waals surface area (Å²) in [6.07, 6.45) is 1.51. The number of carbonyl (C=O) groups excluding carboxylic acids is 1. The molecule has 0 aliphatic rings. The van der Waals surface area contributed by atoms with E-state index >= 15 is 0 Å². The van der Waals surface area contributed by atoms with Gasteiger partial charge < -0.3 is 10.1 Å². The van der Waals surface area contributed by atoms with Crippen LogP contribution in [0.1, 0.15) is 21.5 Å². The summed E-state index contributed by atoms with van der Waals surface area (Å²) in [6.45, 7) is 0.297. The highest BCUT2D eigenvalue weighted by molar-refractivity contribution is 7.14. The average molecular weight is 608 g/mol. The molecule has 2 N–H and O–H groups in total. The van der Waals surface area contributed by atoms with Gasteiger partial charge in [0.25, 0.3) is 5.91 Å². The molecule has 1 aromatic heterocycles. The van der Waals surface area contributed by atoms with E-state index in [9.17, 15) is 4.79 Å². The van der Waals surface area contributed by atoms with Crippen LogP contribution in [0.3, 0.4) is 0 Å². The lowest BCUT2D eigenvalue weighted by Gasteiger charge is -2.09. The smallest absolute Gasteiger partial charge is 0.271 e. The summed E-state index contributed by atoms with van der Waals surface area (Å²) in [5, 5.41) is 11.8. The molecule has 200 valence electrons. The van der Waals surface area contributed by atoms with Crippen molar-refractivity contribution in [3.05, 3.63) is 128 Å². The van der Waals surface area contributed by atoms with Gasteiger partial charge in [-0.05, 0) is 66.2 Å². The fourth-order valence-electron chi connectivity index (χ4n) is 3.63. The third-order valence-electron chi connectivity index (χ3n) is 5.72. The van der Waals surface area contributed by atoms with Gasteiger partial charge in [-0.25, -0.2) is 10.4 Å². The van der Waals surface area contributed by atoms with Gasteiger partial charge in [0.15, 0.2) is 5.13 Å². The third kappa shape index (κ3) is 7.20. The van der Waals surface area contributed by atoms with E-state index in [4.69, 9.17) is 39.5 Å². The summed E-state index contributed by atoms with van der Waals surface area (Å²) in [6, 6.07) is 27.3. The maximum atomic E-state index is 12.6. The molecule has 4 aromatic carbocycles. The number of hydrazone groups is 1. The number of halogens is 3. The maximum Gasteiger partial charge on any atom is 0.271 e. The highest BCUT2D eigenvalue weighted by atomic mass is 35.5. The van der Waals surface area contributed by atoms with Crippen molar-refractivity contribution in [2.75, 3.05) is 5.32 Å². The fraction of sp³-hybridized carbons (Fsp3) is 0.0333. The number of anilines is 2. The lowest BCUT2D eigenvalue weighted by molar-refractivity contribution is 0.0955. The first kappa shape index (κ1) is 27.7. The van der Waals surface area contributed by atoms with Crippen LogP contribution < -0.4 is 15.5 Å². The van der Waals surface area contributed by atoms with Crippen LogP contribution >= 0.6 is 46.1 Å². The Hall–Kier alpha value is -3.88. The monoisotopic (exact) mass is 606 g/mol. The SMILES string of the molecule is O=C(N/N=C\c1ccc(OCc2ccccc2Cl)c(Cl)c1)c1ccc(-c2csc(Nc3ccc(Cl)cc3)n2)cc1. The molecule has 5 rings (SSSR count). The van der Waals surface area contributed by atoms with E-state index in [-0.39, 0.29) is 5.91 Å². The number of amides is 1. The first-order valence-corrected chi connectivity index (χ1v) is 14.0. The molecule has 0 spiro atoms. The van der Waals surface area contributed by atoms with Crippen LogP contribution in [0.15, 0.2) is 101 Å². The first-order valence-electron chi connectivity index (χ1n) is 12.0. The highest BCUT2D eigenvalue weighted by Crippen LogP contribution is 2.29. The summed E-state index contributed by atoms with van der Waals surface area (Å²) in [5.74, 6) is 0.188. The van der Waals surface area contributed by atoms with Crippen LogP contribution in [0, 0.1) is 0 Å². The van der Waals surface area contributed by atoms with Crippen molar-refractivity contribution in [3.8, 4) is 17.0 Å². The van der Waals surface area contributed by atoms with E-state index in [1.54, 1.807) is 30.3 Å². The van der Waals surface area contributed by atoms with Gasteiger partial charge in [-0.3, -0.25) is 4.79 Å². The molecule has 0 atom stereocenters. The second kappa shape index (κ2) is 13.0. The molecule has 0 bridgehead atoms. The molecule has 5 aromatic rings. The molecular formula is C30H21Cl3N4O2S. The van der Waals surface area contributed by atoms with Crippen molar-refractivity contribution in [2.45, 2.75) is 6.61 Å². The van der Waals surface area contributed by atoms with E-state index in [1.165, 1.54) is 17.6 Å². The fourth-order valence-corrected chi connectivity index (χ4v) is 4.93. The first-order chi connectivity index (χ1) is 19.4. The Balaban J connectivity index is 1.14. The standard InChI is InChI=1S/C30H21Cl3N4O2S/c31-23-10-12-24(13-11-23)35-30-36-27(18-40-30)20-6-8-21(9-7-20)29(38)37-34-16-19-5-14-28(26(33)15-19)39-17-22-3-1-2-4-25(22)32/h1-16,18H,17H2,(H,35,36)(H,37,38)/b34-16-. The summed E-state index contributed by atoms with van der Waals surface area (Å²) in [7, 11) is 0. The Bertz CT molecular complexity index is 1650. The number of nitrogens with one attached hydrogen (secondary N) is 2. The van der Waals surface area contributed by atoms with E-state index in [0.717, 1.165) is 27.6 Å². The molecule has 0 aliphatic carbocycles. The van der Waals surface area contributed by atoms with Gasteiger partial charge in [0, 0.05) is 37.8 Å². The lowest BCUT2D eigenvalue weighted by Crippen LogP contribution is -2.17. The van der Waals surface area contributed by atoms with Gasteiger partial charge in [0.1, 0.15) is 12.4 Å². The zero-order valence-corrected chi connectivity index (χ0v) is 23.9. The number of ether oxygens (including phenoxy) is 1. The number of carbonyl (C=O) groups is 1. The largest absolute Gasteiger partial charge is 0.487 e. The molecule has 0 unspecified atom stereocenters. The predicted molar refractivity (Wildman–Crippen MR) is 165 cm³/mol. The van der Waals surface area contributed by atoms with Gasteiger partial charge in [-0.15, -0.1) is 11.3 Å². The van der Waals surface area contributed by atoms with Crippen LogP contribution in [0.2, 0.25) is 15.1 Å². The van der Waals surface area contributed by atoms with Crippen LogP contribution in [0.5, 0.6) is 5.75 Å². The number of benzene rings is 4. The Kier molecular flexibility index (Phi) is 8.98. The van der Waals surface area contributed by atoms with Gasteiger partial charge in [0.2, 0.25) is 0 Å². The maximum absolute atomic E-state index is 12.6. The molecule has 0 aliphatic heterocycles. The normalized spacial score (nSPS) is 11.0. The Morgan fingerprint density at radius 3 is 2.45 bits per heavy atom. The van der Waals surface area contributed by atoms with Crippen molar-refractivity contribution in [1.29, 1.82) is 0 Å². The van der Waals surface area contributed by atoms with Crippen LogP contribution in [-0.4, -0.2) is 17.1 Å². The molecule has 40 heavy (non-hydrogen) atoms. The van der Waals surface area contributed by atoms with Crippen LogP contribution in [-0.2, 0) is 6.61 Å². The van der Waals surface area contributed by atoms with E-state index < -0.39 is 0 Å². The Morgan fingerprint density at radius 2 is 1.70 bits per heavy atom. The number of rotatable bonds is 9. The van der Waals surface area contributed by atoms with E-state index in [0.29, 0.717) is 38.6 Å². The minimum atomic E-state index is -0.336. The second-order valence-electron chi connectivity index (χ2n) is 8.52. The Morgan fingerprint density at radius 1 is 0.925 bits per heavy atom.